The molecule has 2 N–H and O–H groups in total. The van der Waals surface area contributed by atoms with Crippen molar-refractivity contribution in [3.05, 3.63) is 60.2 Å². The Morgan fingerprint density at radius 1 is 1.00 bits per heavy atom. The Bertz CT molecular complexity index is 1250. The highest BCUT2D eigenvalue weighted by atomic mass is 32.2. The number of benzene rings is 2. The Hall–Kier alpha value is -3.39. The molecule has 8 heteroatoms. The van der Waals surface area contributed by atoms with E-state index in [2.05, 4.69) is 33.8 Å². The number of hydrogen-bond acceptors (Lipinski definition) is 5. The topological polar surface area (TPSA) is 88.4 Å². The second-order valence-corrected chi connectivity index (χ2v) is 8.34. The van der Waals surface area contributed by atoms with Crippen molar-refractivity contribution in [2.24, 2.45) is 0 Å². The maximum atomic E-state index is 12.7. The predicted octanol–water partition coefficient (Wildman–Crippen LogP) is 4.27. The van der Waals surface area contributed by atoms with Crippen LogP contribution in [0.15, 0.2) is 59.8 Å². The summed E-state index contributed by atoms with van der Waals surface area (Å²) in [5.41, 5.74) is 4.25. The van der Waals surface area contributed by atoms with Crippen molar-refractivity contribution >= 4 is 51.5 Å². The molecule has 0 spiro atoms. The molecule has 0 aliphatic rings. The molecule has 0 fully saturated rings. The first-order valence-corrected chi connectivity index (χ1v) is 10.4. The van der Waals surface area contributed by atoms with Crippen LogP contribution < -0.4 is 10.6 Å². The lowest BCUT2D eigenvalue weighted by Crippen LogP contribution is -2.22. The van der Waals surface area contributed by atoms with Crippen LogP contribution >= 0.6 is 11.8 Å². The molecule has 1 atom stereocenters. The predicted molar refractivity (Wildman–Crippen MR) is 120 cm³/mol. The molecular formula is C22H21N5O2S. The lowest BCUT2D eigenvalue weighted by molar-refractivity contribution is -0.115. The van der Waals surface area contributed by atoms with Crippen molar-refractivity contribution in [3.8, 4) is 0 Å². The molecule has 1 unspecified atom stereocenters. The van der Waals surface area contributed by atoms with Crippen molar-refractivity contribution in [2.45, 2.75) is 31.2 Å². The van der Waals surface area contributed by atoms with E-state index in [-0.39, 0.29) is 17.1 Å². The maximum absolute atomic E-state index is 12.7. The molecule has 0 radical (unpaired) electrons. The number of amides is 2. The van der Waals surface area contributed by atoms with Gasteiger partial charge in [-0.3, -0.25) is 14.0 Å². The number of anilines is 2. The van der Waals surface area contributed by atoms with E-state index in [0.717, 1.165) is 22.1 Å². The number of carbonyl (C=O) groups is 2. The summed E-state index contributed by atoms with van der Waals surface area (Å²) in [7, 11) is 0. The van der Waals surface area contributed by atoms with Gasteiger partial charge in [0, 0.05) is 23.7 Å². The van der Waals surface area contributed by atoms with Crippen molar-refractivity contribution in [1.29, 1.82) is 0 Å². The Morgan fingerprint density at radius 3 is 2.37 bits per heavy atom. The van der Waals surface area contributed by atoms with Gasteiger partial charge in [-0.25, -0.2) is 0 Å². The summed E-state index contributed by atoms with van der Waals surface area (Å²) in [6, 6.07) is 17.1. The van der Waals surface area contributed by atoms with Gasteiger partial charge in [0.25, 0.3) is 0 Å². The third-order valence-electron chi connectivity index (χ3n) is 4.70. The lowest BCUT2D eigenvalue weighted by atomic mass is 10.1. The summed E-state index contributed by atoms with van der Waals surface area (Å²) in [4.78, 5) is 23.8. The van der Waals surface area contributed by atoms with Crippen LogP contribution in [0.4, 0.5) is 11.4 Å². The largest absolute Gasteiger partial charge is 0.326 e. The molecule has 4 rings (SSSR count). The monoisotopic (exact) mass is 419 g/mol. The van der Waals surface area contributed by atoms with Gasteiger partial charge in [0.15, 0.2) is 10.8 Å². The summed E-state index contributed by atoms with van der Waals surface area (Å²) >= 11 is 1.36. The van der Waals surface area contributed by atoms with E-state index in [9.17, 15) is 9.59 Å². The van der Waals surface area contributed by atoms with E-state index in [0.29, 0.717) is 16.5 Å². The van der Waals surface area contributed by atoms with E-state index in [1.54, 1.807) is 24.3 Å². The van der Waals surface area contributed by atoms with E-state index in [1.807, 2.05) is 35.6 Å². The molecule has 0 aliphatic carbocycles. The molecule has 7 nitrogen and oxygen atoms in total. The zero-order valence-electron chi connectivity index (χ0n) is 16.8. The maximum Gasteiger partial charge on any atom is 0.237 e. The molecule has 2 heterocycles. The number of nitrogens with zero attached hydrogens (tertiary/aromatic N) is 3. The van der Waals surface area contributed by atoms with Crippen molar-refractivity contribution in [1.82, 2.24) is 14.6 Å². The van der Waals surface area contributed by atoms with Gasteiger partial charge in [0.05, 0.1) is 10.8 Å². The van der Waals surface area contributed by atoms with Gasteiger partial charge in [-0.15, -0.1) is 10.2 Å². The van der Waals surface area contributed by atoms with E-state index < -0.39 is 0 Å². The number of thioether (sulfide) groups is 1. The van der Waals surface area contributed by atoms with Crippen LogP contribution in [0, 0.1) is 6.92 Å². The number of aryl methyl sites for hydroxylation is 1. The van der Waals surface area contributed by atoms with Gasteiger partial charge in [-0.1, -0.05) is 30.0 Å². The average Bonchev–Trinajstić information content (AvgIpc) is 3.11. The fourth-order valence-corrected chi connectivity index (χ4v) is 4.11. The smallest absolute Gasteiger partial charge is 0.237 e. The first-order valence-electron chi connectivity index (χ1n) is 9.51. The first-order chi connectivity index (χ1) is 14.4. The molecule has 2 aromatic heterocycles. The number of hydrogen-bond donors (Lipinski definition) is 2. The minimum absolute atomic E-state index is 0.138. The fourth-order valence-electron chi connectivity index (χ4n) is 3.25. The summed E-state index contributed by atoms with van der Waals surface area (Å²) in [6.07, 6.45) is 0. The molecule has 0 bridgehead atoms. The first kappa shape index (κ1) is 19.9. The van der Waals surface area contributed by atoms with Crippen LogP contribution in [0.3, 0.4) is 0 Å². The highest BCUT2D eigenvalue weighted by molar-refractivity contribution is 8.00. The highest BCUT2D eigenvalue weighted by Crippen LogP contribution is 2.28. The second-order valence-electron chi connectivity index (χ2n) is 7.03. The zero-order chi connectivity index (χ0) is 21.3. The lowest BCUT2D eigenvalue weighted by Gasteiger charge is -2.12. The summed E-state index contributed by atoms with van der Waals surface area (Å²) in [5.74, 6) is -0.277. The van der Waals surface area contributed by atoms with Gasteiger partial charge < -0.3 is 10.6 Å². The second kappa shape index (κ2) is 8.16. The Morgan fingerprint density at radius 2 is 1.67 bits per heavy atom. The zero-order valence-corrected chi connectivity index (χ0v) is 17.7. The molecule has 0 aliphatic heterocycles. The third kappa shape index (κ3) is 3.99. The number of nitrogens with one attached hydrogen (secondary N) is 2. The SMILES string of the molecule is CC(=O)Nc1ccc(NC(=O)C(C)Sc2nnc3cc(C)c4ccccc4n23)cc1. The van der Waals surface area contributed by atoms with Gasteiger partial charge >= 0.3 is 0 Å². The summed E-state index contributed by atoms with van der Waals surface area (Å²) in [5, 5.41) is 15.6. The number of pyridine rings is 1. The van der Waals surface area contributed by atoms with Gasteiger partial charge in [0.1, 0.15) is 0 Å². The summed E-state index contributed by atoms with van der Waals surface area (Å²) < 4.78 is 1.99. The Kier molecular flexibility index (Phi) is 5.41. The molecule has 2 aromatic carbocycles. The minimum atomic E-state index is -0.382. The molecule has 0 saturated carbocycles. The van der Waals surface area contributed by atoms with Gasteiger partial charge in [0.2, 0.25) is 11.8 Å². The van der Waals surface area contributed by atoms with Crippen molar-refractivity contribution < 1.29 is 9.59 Å². The van der Waals surface area contributed by atoms with Crippen LogP contribution in [0.1, 0.15) is 19.4 Å². The van der Waals surface area contributed by atoms with E-state index >= 15 is 0 Å². The highest BCUT2D eigenvalue weighted by Gasteiger charge is 2.19. The molecule has 4 aromatic rings. The van der Waals surface area contributed by atoms with Crippen LogP contribution in [0.5, 0.6) is 0 Å². The number of para-hydroxylation sites is 1. The molecule has 30 heavy (non-hydrogen) atoms. The Balaban J connectivity index is 1.53. The molecule has 152 valence electrons. The molecule has 2 amide bonds. The average molecular weight is 420 g/mol. The number of aromatic nitrogens is 3. The van der Waals surface area contributed by atoms with Crippen LogP contribution in [-0.4, -0.2) is 31.7 Å². The number of rotatable bonds is 5. The molecular weight excluding hydrogens is 398 g/mol. The van der Waals surface area contributed by atoms with Crippen molar-refractivity contribution in [2.75, 3.05) is 10.6 Å². The number of carbonyl (C=O) groups excluding carboxylic acids is 2. The van der Waals surface area contributed by atoms with Crippen LogP contribution in [0.2, 0.25) is 0 Å². The van der Waals surface area contributed by atoms with Crippen LogP contribution in [-0.2, 0) is 9.59 Å². The summed E-state index contributed by atoms with van der Waals surface area (Å²) in [6.45, 7) is 5.34. The normalized spacial score (nSPS) is 12.1. The standard InChI is InChI=1S/C22H21N5O2S/c1-13-12-20-25-26-22(27(20)19-7-5-4-6-18(13)19)30-14(2)21(29)24-17-10-8-16(9-11-17)23-15(3)28/h4-12,14H,1-3H3,(H,23,28)(H,24,29). The minimum Gasteiger partial charge on any atom is -0.326 e. The Labute approximate surface area is 177 Å². The van der Waals surface area contributed by atoms with Crippen molar-refractivity contribution in [3.63, 3.8) is 0 Å². The van der Waals surface area contributed by atoms with Crippen LogP contribution in [0.25, 0.3) is 16.6 Å². The fraction of sp³-hybridized carbons (Fsp3) is 0.182. The van der Waals surface area contributed by atoms with Gasteiger partial charge in [-0.2, -0.15) is 0 Å². The van der Waals surface area contributed by atoms with E-state index in [1.165, 1.54) is 18.7 Å². The van der Waals surface area contributed by atoms with Gasteiger partial charge in [-0.05, 0) is 55.8 Å². The quantitative estimate of drug-likeness (QED) is 0.472. The molecule has 0 saturated heterocycles. The third-order valence-corrected chi connectivity index (χ3v) is 5.74. The number of fused-ring (bicyclic) bond motifs is 3. The van der Waals surface area contributed by atoms with E-state index in [4.69, 9.17) is 0 Å².